The molecule has 0 amide bonds. The highest BCUT2D eigenvalue weighted by molar-refractivity contribution is 5.26. The van der Waals surface area contributed by atoms with Crippen molar-refractivity contribution in [1.29, 1.82) is 0 Å². The third-order valence-electron chi connectivity index (χ3n) is 9.45. The molecule has 3 saturated carbocycles. The maximum absolute atomic E-state index is 14.4. The molecule has 0 saturated heterocycles. The van der Waals surface area contributed by atoms with E-state index < -0.39 is 17.9 Å². The largest absolute Gasteiger partial charge is 0.412 e. The summed E-state index contributed by atoms with van der Waals surface area (Å²) in [5.41, 5.74) is 1.89. The van der Waals surface area contributed by atoms with Crippen molar-refractivity contribution in [3.8, 4) is 0 Å². The molecule has 35 heavy (non-hydrogen) atoms. The molecule has 4 rings (SSSR count). The molecule has 0 radical (unpaired) electrons. The number of benzene rings is 1. The van der Waals surface area contributed by atoms with Crippen molar-refractivity contribution >= 4 is 0 Å². The number of hydrogen-bond donors (Lipinski definition) is 0. The van der Waals surface area contributed by atoms with Crippen LogP contribution in [0.2, 0.25) is 0 Å². The number of aryl methyl sites for hydroxylation is 1. The van der Waals surface area contributed by atoms with Crippen LogP contribution >= 0.6 is 0 Å². The second-order valence-electron chi connectivity index (χ2n) is 11.8. The molecule has 1 aromatic rings. The van der Waals surface area contributed by atoms with E-state index in [0.29, 0.717) is 24.7 Å². The van der Waals surface area contributed by atoms with Gasteiger partial charge in [-0.05, 0) is 118 Å². The van der Waals surface area contributed by atoms with E-state index in [1.165, 1.54) is 44.9 Å². The zero-order valence-electron chi connectivity index (χ0n) is 21.1. The minimum atomic E-state index is -4.56. The molecule has 0 spiro atoms. The third-order valence-corrected chi connectivity index (χ3v) is 9.45. The van der Waals surface area contributed by atoms with Gasteiger partial charge in [0.1, 0.15) is 11.6 Å². The summed E-state index contributed by atoms with van der Waals surface area (Å²) in [4.78, 5) is 0. The van der Waals surface area contributed by atoms with Gasteiger partial charge in [0.25, 0.3) is 0 Å². The summed E-state index contributed by atoms with van der Waals surface area (Å²) < 4.78 is 65.4. The van der Waals surface area contributed by atoms with Crippen molar-refractivity contribution in [3.05, 3.63) is 47.0 Å². The first-order valence-electron chi connectivity index (χ1n) is 13.9. The summed E-state index contributed by atoms with van der Waals surface area (Å²) >= 11 is 0. The van der Waals surface area contributed by atoms with Gasteiger partial charge in [0.2, 0.25) is 0 Å². The van der Waals surface area contributed by atoms with Gasteiger partial charge in [-0.25, -0.2) is 8.78 Å². The molecule has 0 N–H and O–H groups in total. The Morgan fingerprint density at radius 1 is 0.800 bits per heavy atom. The van der Waals surface area contributed by atoms with Crippen LogP contribution in [0.25, 0.3) is 0 Å². The summed E-state index contributed by atoms with van der Waals surface area (Å²) in [6.07, 6.45) is 10.3. The molecular weight excluding hydrogens is 455 g/mol. The summed E-state index contributed by atoms with van der Waals surface area (Å²) in [7, 11) is 0. The van der Waals surface area contributed by atoms with Gasteiger partial charge >= 0.3 is 6.18 Å². The van der Waals surface area contributed by atoms with Crippen molar-refractivity contribution in [2.24, 2.45) is 29.6 Å². The van der Waals surface area contributed by atoms with Crippen molar-refractivity contribution in [2.45, 2.75) is 109 Å². The van der Waals surface area contributed by atoms with Crippen molar-refractivity contribution in [2.75, 3.05) is 0 Å². The molecule has 0 nitrogen and oxygen atoms in total. The number of alkyl halides is 3. The zero-order chi connectivity index (χ0) is 25.0. The van der Waals surface area contributed by atoms with Crippen LogP contribution in [0.5, 0.6) is 0 Å². The Labute approximate surface area is 207 Å². The highest BCUT2D eigenvalue weighted by atomic mass is 19.4. The van der Waals surface area contributed by atoms with Crippen LogP contribution in [0.1, 0.15) is 107 Å². The van der Waals surface area contributed by atoms with Crippen LogP contribution < -0.4 is 0 Å². The van der Waals surface area contributed by atoms with E-state index in [0.717, 1.165) is 61.0 Å². The predicted molar refractivity (Wildman–Crippen MR) is 131 cm³/mol. The molecule has 196 valence electrons. The summed E-state index contributed by atoms with van der Waals surface area (Å²) in [6.45, 7) is 1.94. The molecule has 0 aliphatic heterocycles. The SMILES string of the molecule is Cc1ccc(C2CCC(C3CCC(CCC4CCC(/C(F)=C/C(F)(F)F)CC4)CC3)CC2)c(F)c1. The quantitative estimate of drug-likeness (QED) is 0.344. The molecule has 0 heterocycles. The van der Waals surface area contributed by atoms with Crippen LogP contribution in [0.3, 0.4) is 0 Å². The molecule has 0 atom stereocenters. The zero-order valence-corrected chi connectivity index (χ0v) is 21.1. The highest BCUT2D eigenvalue weighted by Gasteiger charge is 2.33. The van der Waals surface area contributed by atoms with E-state index in [1.807, 2.05) is 19.1 Å². The van der Waals surface area contributed by atoms with Gasteiger partial charge in [-0.1, -0.05) is 37.8 Å². The average Bonchev–Trinajstić information content (AvgIpc) is 2.83. The monoisotopic (exact) mass is 496 g/mol. The standard InChI is InChI=1S/C30H41F5/c1-20-2-17-27(28(31)18-20)25-15-13-24(14-16-25)23-9-5-21(6-10-23)3-4-22-7-11-26(12-8-22)29(32)19-30(33,34)35/h2,17-19,21-26H,3-16H2,1H3/b29-19-. The van der Waals surface area contributed by atoms with Crippen LogP contribution in [0.15, 0.2) is 30.1 Å². The summed E-state index contributed by atoms with van der Waals surface area (Å²) in [6, 6.07) is 5.68. The third kappa shape index (κ3) is 7.55. The van der Waals surface area contributed by atoms with Gasteiger partial charge in [0.15, 0.2) is 0 Å². The summed E-state index contributed by atoms with van der Waals surface area (Å²) in [5, 5.41) is 0. The maximum atomic E-state index is 14.4. The Morgan fingerprint density at radius 3 is 1.83 bits per heavy atom. The lowest BCUT2D eigenvalue weighted by Crippen LogP contribution is -2.26. The fourth-order valence-corrected chi connectivity index (χ4v) is 7.29. The first-order valence-corrected chi connectivity index (χ1v) is 13.9. The van der Waals surface area contributed by atoms with Crippen LogP contribution in [-0.4, -0.2) is 6.18 Å². The molecule has 5 heteroatoms. The second kappa shape index (κ2) is 11.8. The Kier molecular flexibility index (Phi) is 8.97. The predicted octanol–water partition coefficient (Wildman–Crippen LogP) is 10.2. The van der Waals surface area contributed by atoms with Gasteiger partial charge < -0.3 is 0 Å². The number of rotatable bonds is 6. The Morgan fingerprint density at radius 2 is 1.31 bits per heavy atom. The lowest BCUT2D eigenvalue weighted by molar-refractivity contribution is -0.0821. The second-order valence-corrected chi connectivity index (χ2v) is 11.8. The lowest BCUT2D eigenvalue weighted by atomic mass is 9.67. The number of hydrogen-bond acceptors (Lipinski definition) is 0. The minimum absolute atomic E-state index is 0.0367. The fraction of sp³-hybridized carbons (Fsp3) is 0.733. The Balaban J connectivity index is 1.13. The van der Waals surface area contributed by atoms with E-state index in [9.17, 15) is 22.0 Å². The van der Waals surface area contributed by atoms with Gasteiger partial charge in [-0.3, -0.25) is 0 Å². The van der Waals surface area contributed by atoms with Gasteiger partial charge in [-0.15, -0.1) is 0 Å². The van der Waals surface area contributed by atoms with Gasteiger partial charge in [0.05, 0.1) is 6.08 Å². The minimum Gasteiger partial charge on any atom is -0.212 e. The maximum Gasteiger partial charge on any atom is 0.412 e. The lowest BCUT2D eigenvalue weighted by Gasteiger charge is -2.38. The van der Waals surface area contributed by atoms with E-state index in [2.05, 4.69) is 0 Å². The van der Waals surface area contributed by atoms with Gasteiger partial charge in [0, 0.05) is 5.92 Å². The van der Waals surface area contributed by atoms with E-state index in [4.69, 9.17) is 0 Å². The number of halogens is 5. The molecule has 3 aliphatic carbocycles. The van der Waals surface area contributed by atoms with Crippen LogP contribution in [0.4, 0.5) is 22.0 Å². The first-order chi connectivity index (χ1) is 16.7. The van der Waals surface area contributed by atoms with Crippen LogP contribution in [-0.2, 0) is 0 Å². The number of allylic oxidation sites excluding steroid dienone is 2. The Hall–Kier alpha value is -1.39. The van der Waals surface area contributed by atoms with E-state index in [1.54, 1.807) is 6.07 Å². The molecule has 3 aliphatic rings. The summed E-state index contributed by atoms with van der Waals surface area (Å²) in [5.74, 6) is 1.72. The molecular formula is C30H41F5. The van der Waals surface area contributed by atoms with Crippen molar-refractivity contribution in [3.63, 3.8) is 0 Å². The van der Waals surface area contributed by atoms with Crippen molar-refractivity contribution in [1.82, 2.24) is 0 Å². The van der Waals surface area contributed by atoms with Crippen LogP contribution in [0, 0.1) is 42.3 Å². The molecule has 0 bridgehead atoms. The molecule has 0 unspecified atom stereocenters. The first kappa shape index (κ1) is 26.7. The van der Waals surface area contributed by atoms with E-state index in [-0.39, 0.29) is 11.9 Å². The smallest absolute Gasteiger partial charge is 0.212 e. The topological polar surface area (TPSA) is 0 Å². The molecule has 0 aromatic heterocycles. The molecule has 3 fully saturated rings. The Bertz CT molecular complexity index is 833. The highest BCUT2D eigenvalue weighted by Crippen LogP contribution is 2.45. The molecule has 1 aromatic carbocycles. The fourth-order valence-electron chi connectivity index (χ4n) is 7.29. The van der Waals surface area contributed by atoms with E-state index >= 15 is 0 Å². The average molecular weight is 497 g/mol. The van der Waals surface area contributed by atoms with Gasteiger partial charge in [-0.2, -0.15) is 13.2 Å². The van der Waals surface area contributed by atoms with Crippen molar-refractivity contribution < 1.29 is 22.0 Å². The normalized spacial score (nSPS) is 33.0.